The maximum atomic E-state index is 13.1. The summed E-state index contributed by atoms with van der Waals surface area (Å²) in [6, 6.07) is 3.41. The second kappa shape index (κ2) is 7.14. The van der Waals surface area contributed by atoms with Crippen LogP contribution in [0.25, 0.3) is 0 Å². The lowest BCUT2D eigenvalue weighted by molar-refractivity contribution is -0.553. The van der Waals surface area contributed by atoms with E-state index in [1.165, 1.54) is 0 Å². The summed E-state index contributed by atoms with van der Waals surface area (Å²) in [7, 11) is -4.02. The first kappa shape index (κ1) is 20.0. The largest absolute Gasteiger partial charge is 0.339 e. The molecular formula is C17H24N4O4S. The summed E-state index contributed by atoms with van der Waals surface area (Å²) in [6.45, 7) is 12.1. The maximum Gasteiger partial charge on any atom is 0.234 e. The highest BCUT2D eigenvalue weighted by atomic mass is 32.2. The Labute approximate surface area is 153 Å². The Morgan fingerprint density at radius 2 is 1.58 bits per heavy atom. The number of hydrogen-bond acceptors (Lipinski definition) is 6. The van der Waals surface area contributed by atoms with E-state index in [0.717, 1.165) is 22.9 Å². The molecular weight excluding hydrogens is 356 g/mol. The molecule has 1 aromatic carbocycles. The van der Waals surface area contributed by atoms with Crippen LogP contribution < -0.4 is 0 Å². The molecule has 0 aliphatic rings. The number of benzene rings is 1. The molecule has 8 nitrogen and oxygen atoms in total. The van der Waals surface area contributed by atoms with Gasteiger partial charge in [0.25, 0.3) is 0 Å². The minimum absolute atomic E-state index is 0.0403. The number of nitro groups is 1. The third-order valence-electron chi connectivity index (χ3n) is 4.25. The van der Waals surface area contributed by atoms with Crippen molar-refractivity contribution >= 4 is 9.84 Å². The van der Waals surface area contributed by atoms with E-state index in [-0.39, 0.29) is 22.6 Å². The fourth-order valence-corrected chi connectivity index (χ4v) is 4.65. The Bertz CT molecular complexity index is 930. The smallest absolute Gasteiger partial charge is 0.234 e. The van der Waals surface area contributed by atoms with Crippen molar-refractivity contribution in [2.45, 2.75) is 69.2 Å². The van der Waals surface area contributed by atoms with E-state index >= 15 is 0 Å². The molecule has 0 atom stereocenters. The summed E-state index contributed by atoms with van der Waals surface area (Å²) in [4.78, 5) is 11.2. The van der Waals surface area contributed by atoms with Crippen LogP contribution in [-0.2, 0) is 9.84 Å². The van der Waals surface area contributed by atoms with E-state index in [1.807, 2.05) is 33.8 Å². The van der Waals surface area contributed by atoms with Crippen molar-refractivity contribution in [3.63, 3.8) is 0 Å². The van der Waals surface area contributed by atoms with Gasteiger partial charge in [-0.25, -0.2) is 8.42 Å². The van der Waals surface area contributed by atoms with Crippen molar-refractivity contribution in [3.05, 3.63) is 45.1 Å². The van der Waals surface area contributed by atoms with Crippen molar-refractivity contribution in [2.75, 3.05) is 0 Å². The zero-order valence-corrected chi connectivity index (χ0v) is 16.6. The second-order valence-electron chi connectivity index (χ2n) is 7.16. The predicted molar refractivity (Wildman–Crippen MR) is 96.6 cm³/mol. The third-order valence-corrected chi connectivity index (χ3v) is 5.92. The van der Waals surface area contributed by atoms with Crippen LogP contribution in [0.2, 0.25) is 0 Å². The van der Waals surface area contributed by atoms with Gasteiger partial charge in [0.1, 0.15) is 6.20 Å². The summed E-state index contributed by atoms with van der Waals surface area (Å²) < 4.78 is 26.2. The standard InChI is InChI=1S/C17H24N4O4S/c1-10(2)13-7-8-14(17(12(5)6)16(13)11(3)4)26(24,25)15-9-20(19-18-15)21(22)23/h7-12H,1-6H3. The van der Waals surface area contributed by atoms with Gasteiger partial charge in [-0.1, -0.05) is 47.6 Å². The van der Waals surface area contributed by atoms with Crippen LogP contribution in [0.3, 0.4) is 0 Å². The molecule has 2 rings (SSSR count). The fraction of sp³-hybridized carbons (Fsp3) is 0.529. The number of rotatable bonds is 6. The molecule has 0 saturated carbocycles. The Kier molecular flexibility index (Phi) is 5.50. The van der Waals surface area contributed by atoms with Gasteiger partial charge in [0, 0.05) is 9.89 Å². The number of aromatic nitrogens is 3. The lowest BCUT2D eigenvalue weighted by Crippen LogP contribution is -2.13. The molecule has 0 saturated heterocycles. The topological polar surface area (TPSA) is 108 Å². The van der Waals surface area contributed by atoms with E-state index in [4.69, 9.17) is 0 Å². The minimum Gasteiger partial charge on any atom is -0.339 e. The number of nitrogens with zero attached hydrogens (tertiary/aromatic N) is 4. The Morgan fingerprint density at radius 3 is 2.00 bits per heavy atom. The van der Waals surface area contributed by atoms with E-state index in [1.54, 1.807) is 6.07 Å². The lowest BCUT2D eigenvalue weighted by Gasteiger charge is -2.25. The average Bonchev–Trinajstić information content (AvgIpc) is 3.04. The summed E-state index contributed by atoms with van der Waals surface area (Å²) in [5, 5.41) is 16.3. The maximum absolute atomic E-state index is 13.1. The molecule has 26 heavy (non-hydrogen) atoms. The van der Waals surface area contributed by atoms with Crippen LogP contribution in [0.4, 0.5) is 0 Å². The first-order chi connectivity index (χ1) is 12.0. The van der Waals surface area contributed by atoms with Crippen molar-refractivity contribution in [1.29, 1.82) is 0 Å². The second-order valence-corrected chi connectivity index (χ2v) is 9.03. The van der Waals surface area contributed by atoms with Gasteiger partial charge >= 0.3 is 0 Å². The molecule has 0 fully saturated rings. The van der Waals surface area contributed by atoms with Crippen LogP contribution in [0, 0.1) is 10.1 Å². The van der Waals surface area contributed by atoms with Crippen molar-refractivity contribution in [1.82, 2.24) is 15.1 Å². The molecule has 1 aromatic heterocycles. The Balaban J connectivity index is 2.79. The highest BCUT2D eigenvalue weighted by molar-refractivity contribution is 7.91. The van der Waals surface area contributed by atoms with Crippen molar-refractivity contribution in [3.8, 4) is 0 Å². The molecule has 0 N–H and O–H groups in total. The molecule has 142 valence electrons. The predicted octanol–water partition coefficient (Wildman–Crippen LogP) is 3.52. The van der Waals surface area contributed by atoms with Crippen LogP contribution in [0.1, 0.15) is 76.0 Å². The quantitative estimate of drug-likeness (QED) is 0.560. The van der Waals surface area contributed by atoms with Gasteiger partial charge in [0.2, 0.25) is 14.9 Å². The van der Waals surface area contributed by atoms with E-state index < -0.39 is 19.9 Å². The van der Waals surface area contributed by atoms with Crippen molar-refractivity contribution in [2.24, 2.45) is 0 Å². The van der Waals surface area contributed by atoms with Crippen LogP contribution >= 0.6 is 0 Å². The van der Waals surface area contributed by atoms with Gasteiger partial charge in [0.15, 0.2) is 5.21 Å². The SMILES string of the molecule is CC(C)c1ccc(S(=O)(=O)c2cn([N+](=O)[O-])nn2)c(C(C)C)c1C(C)C. The van der Waals surface area contributed by atoms with Crippen LogP contribution in [0.15, 0.2) is 28.3 Å². The summed E-state index contributed by atoms with van der Waals surface area (Å²) >= 11 is 0. The van der Waals surface area contributed by atoms with Gasteiger partial charge in [-0.05, 0) is 40.5 Å². The molecule has 0 radical (unpaired) electrons. The zero-order chi connectivity index (χ0) is 19.8. The highest BCUT2D eigenvalue weighted by Crippen LogP contribution is 2.38. The van der Waals surface area contributed by atoms with E-state index in [9.17, 15) is 18.5 Å². The Hall–Kier alpha value is -2.29. The Morgan fingerprint density at radius 1 is 1.00 bits per heavy atom. The van der Waals surface area contributed by atoms with E-state index in [0.29, 0.717) is 4.79 Å². The number of hydrogen-bond donors (Lipinski definition) is 0. The monoisotopic (exact) mass is 380 g/mol. The molecule has 0 aliphatic carbocycles. The lowest BCUT2D eigenvalue weighted by atomic mass is 9.83. The normalized spacial score (nSPS) is 12.3. The molecule has 2 aromatic rings. The summed E-state index contributed by atoms with van der Waals surface area (Å²) in [5.41, 5.74) is 2.86. The van der Waals surface area contributed by atoms with Crippen LogP contribution in [-0.4, -0.2) is 28.6 Å². The average molecular weight is 380 g/mol. The highest BCUT2D eigenvalue weighted by Gasteiger charge is 2.31. The van der Waals surface area contributed by atoms with E-state index in [2.05, 4.69) is 24.2 Å². The van der Waals surface area contributed by atoms with Crippen LogP contribution in [0.5, 0.6) is 0 Å². The summed E-state index contributed by atoms with van der Waals surface area (Å²) in [6.07, 6.45) is 0.824. The fourth-order valence-electron chi connectivity index (χ4n) is 3.17. The van der Waals surface area contributed by atoms with Crippen molar-refractivity contribution < 1.29 is 13.5 Å². The molecule has 0 aliphatic heterocycles. The zero-order valence-electron chi connectivity index (χ0n) is 15.8. The molecule has 0 spiro atoms. The molecule has 0 unspecified atom stereocenters. The number of sulfone groups is 1. The minimum atomic E-state index is -4.02. The third kappa shape index (κ3) is 3.48. The summed E-state index contributed by atoms with van der Waals surface area (Å²) in [5.74, 6) is 0.341. The van der Waals surface area contributed by atoms with Gasteiger partial charge in [-0.15, -0.1) is 0 Å². The van der Waals surface area contributed by atoms with Gasteiger partial charge in [-0.3, -0.25) is 0 Å². The molecule has 9 heteroatoms. The molecule has 1 heterocycles. The van der Waals surface area contributed by atoms with Gasteiger partial charge in [0.05, 0.1) is 9.93 Å². The molecule has 0 bridgehead atoms. The first-order valence-corrected chi connectivity index (χ1v) is 9.95. The van der Waals surface area contributed by atoms with Gasteiger partial charge in [-0.2, -0.15) is 0 Å². The molecule has 0 amide bonds. The first-order valence-electron chi connectivity index (χ1n) is 8.47. The van der Waals surface area contributed by atoms with Gasteiger partial charge < -0.3 is 10.1 Å².